The van der Waals surface area contributed by atoms with Crippen LogP contribution in [-0.4, -0.2) is 31.7 Å². The van der Waals surface area contributed by atoms with Crippen LogP contribution in [0.25, 0.3) is 0 Å². The van der Waals surface area contributed by atoms with Gasteiger partial charge in [0.15, 0.2) is 0 Å². The van der Waals surface area contributed by atoms with Crippen LogP contribution in [-0.2, 0) is 18.7 Å². The number of thioether (sulfide) groups is 1. The van der Waals surface area contributed by atoms with Gasteiger partial charge < -0.3 is 14.8 Å². The highest BCUT2D eigenvalue weighted by Gasteiger charge is 2.12. The first-order chi connectivity index (χ1) is 14.5. The predicted octanol–water partition coefficient (Wildman–Crippen LogP) is 4.96. The van der Waals surface area contributed by atoms with Crippen molar-refractivity contribution in [3.05, 3.63) is 82.9 Å². The molecule has 0 saturated heterocycles. The number of carboxylic acid groups (broad SMARTS) is 2. The number of hydrogen-bond acceptors (Lipinski definition) is 4. The summed E-state index contributed by atoms with van der Waals surface area (Å²) in [6.45, 7) is 2.78. The fourth-order valence-corrected chi connectivity index (χ4v) is 3.96. The second-order valence-electron chi connectivity index (χ2n) is 6.98. The molecule has 0 radical (unpaired) electrons. The van der Waals surface area contributed by atoms with E-state index in [0.29, 0.717) is 12.3 Å². The minimum atomic E-state index is -0.932. The molecular weight excluding hydrogens is 400 g/mol. The van der Waals surface area contributed by atoms with Crippen molar-refractivity contribution in [1.29, 1.82) is 0 Å². The molecule has 0 amide bonds. The summed E-state index contributed by atoms with van der Waals surface area (Å²) in [5.74, 6) is -0.132. The van der Waals surface area contributed by atoms with E-state index in [1.807, 2.05) is 30.5 Å². The third kappa shape index (κ3) is 5.51. The monoisotopic (exact) mass is 424 g/mol. The van der Waals surface area contributed by atoms with Crippen molar-refractivity contribution < 1.29 is 19.8 Å². The van der Waals surface area contributed by atoms with Gasteiger partial charge in [-0.1, -0.05) is 25.5 Å². The molecule has 3 aromatic rings. The molecule has 0 aliphatic carbocycles. The molecular formula is C23H24N2O4S. The maximum atomic E-state index is 11.1. The van der Waals surface area contributed by atoms with Crippen molar-refractivity contribution in [1.82, 2.24) is 9.55 Å². The fourth-order valence-electron chi connectivity index (χ4n) is 3.08. The number of aryl methyl sites for hydroxylation is 1. The first kappa shape index (κ1) is 21.6. The molecule has 156 valence electrons. The first-order valence-electron chi connectivity index (χ1n) is 9.79. The summed E-state index contributed by atoms with van der Waals surface area (Å²) in [5, 5.41) is 18.1. The van der Waals surface area contributed by atoms with Gasteiger partial charge in [-0.15, -0.1) is 11.8 Å². The zero-order valence-corrected chi connectivity index (χ0v) is 17.6. The topological polar surface area (TPSA) is 92.4 Å². The highest BCUT2D eigenvalue weighted by molar-refractivity contribution is 7.98. The molecule has 6 nitrogen and oxygen atoms in total. The molecule has 0 fully saturated rings. The van der Waals surface area contributed by atoms with Crippen molar-refractivity contribution in [3.63, 3.8) is 0 Å². The van der Waals surface area contributed by atoms with Crippen LogP contribution >= 0.6 is 11.8 Å². The number of rotatable bonds is 10. The zero-order chi connectivity index (χ0) is 21.5. The predicted molar refractivity (Wildman–Crippen MR) is 116 cm³/mol. The summed E-state index contributed by atoms with van der Waals surface area (Å²) in [4.78, 5) is 27.7. The molecule has 7 heteroatoms. The van der Waals surface area contributed by atoms with E-state index in [1.54, 1.807) is 36.0 Å². The van der Waals surface area contributed by atoms with Crippen molar-refractivity contribution in [2.24, 2.45) is 0 Å². The van der Waals surface area contributed by atoms with Crippen molar-refractivity contribution in [3.8, 4) is 0 Å². The Morgan fingerprint density at radius 2 is 1.57 bits per heavy atom. The Bertz CT molecular complexity index is 1010. The average molecular weight is 425 g/mol. The highest BCUT2D eigenvalue weighted by atomic mass is 32.2. The minimum Gasteiger partial charge on any atom is -0.478 e. The number of unbranched alkanes of at least 4 members (excludes halogenated alkanes) is 1. The van der Waals surface area contributed by atoms with E-state index in [4.69, 9.17) is 10.2 Å². The molecule has 1 heterocycles. The Kier molecular flexibility index (Phi) is 7.30. The summed E-state index contributed by atoms with van der Waals surface area (Å²) >= 11 is 1.63. The van der Waals surface area contributed by atoms with Crippen LogP contribution in [0.1, 0.15) is 57.6 Å². The third-order valence-corrected chi connectivity index (χ3v) is 5.85. The number of hydrogen-bond donors (Lipinski definition) is 2. The van der Waals surface area contributed by atoms with Gasteiger partial charge in [0, 0.05) is 35.5 Å². The molecule has 0 aliphatic heterocycles. The van der Waals surface area contributed by atoms with Gasteiger partial charge in [-0.25, -0.2) is 14.6 Å². The zero-order valence-electron chi connectivity index (χ0n) is 16.7. The third-order valence-electron chi connectivity index (χ3n) is 4.80. The van der Waals surface area contributed by atoms with E-state index in [-0.39, 0.29) is 11.1 Å². The number of aromatic carboxylic acids is 2. The first-order valence-corrected chi connectivity index (χ1v) is 10.8. The molecule has 0 saturated carbocycles. The largest absolute Gasteiger partial charge is 0.478 e. The summed E-state index contributed by atoms with van der Waals surface area (Å²) < 4.78 is 2.20. The van der Waals surface area contributed by atoms with Crippen LogP contribution in [0.15, 0.2) is 59.6 Å². The van der Waals surface area contributed by atoms with Gasteiger partial charge in [0.05, 0.1) is 11.1 Å². The standard InChI is InChI=1S/C23H24N2O4S/c1-2-3-4-21-24-13-19(15-30-20-11-9-18(10-12-20)23(28)29)25(21)14-16-5-7-17(8-6-16)22(26)27/h5-13H,2-4,14-15H2,1H3,(H,26,27)(H,28,29). The Hall–Kier alpha value is -3.06. The molecule has 0 unspecified atom stereocenters. The van der Waals surface area contributed by atoms with Crippen LogP contribution in [0.2, 0.25) is 0 Å². The van der Waals surface area contributed by atoms with Gasteiger partial charge >= 0.3 is 11.9 Å². The molecule has 2 aromatic carbocycles. The van der Waals surface area contributed by atoms with E-state index in [0.717, 1.165) is 41.2 Å². The van der Waals surface area contributed by atoms with Crippen LogP contribution in [0.3, 0.4) is 0 Å². The maximum absolute atomic E-state index is 11.1. The molecule has 0 aliphatic rings. The van der Waals surface area contributed by atoms with Crippen LogP contribution in [0, 0.1) is 0 Å². The molecule has 1 aromatic heterocycles. The average Bonchev–Trinajstić information content (AvgIpc) is 3.12. The lowest BCUT2D eigenvalue weighted by Crippen LogP contribution is -2.09. The lowest BCUT2D eigenvalue weighted by molar-refractivity contribution is 0.0686. The summed E-state index contributed by atoms with van der Waals surface area (Å²) in [7, 11) is 0. The molecule has 0 bridgehead atoms. The van der Waals surface area contributed by atoms with E-state index in [9.17, 15) is 9.59 Å². The van der Waals surface area contributed by atoms with Gasteiger partial charge in [0.25, 0.3) is 0 Å². The smallest absolute Gasteiger partial charge is 0.335 e. The molecule has 30 heavy (non-hydrogen) atoms. The van der Waals surface area contributed by atoms with Crippen molar-refractivity contribution in [2.75, 3.05) is 0 Å². The van der Waals surface area contributed by atoms with Gasteiger partial charge in [-0.05, 0) is 48.4 Å². The van der Waals surface area contributed by atoms with Gasteiger partial charge in [-0.3, -0.25) is 0 Å². The Balaban J connectivity index is 1.77. The Labute approximate surface area is 179 Å². The molecule has 0 spiro atoms. The SMILES string of the molecule is CCCCc1ncc(CSc2ccc(C(=O)O)cc2)n1Cc1ccc(C(=O)O)cc1. The summed E-state index contributed by atoms with van der Waals surface area (Å²) in [5.41, 5.74) is 2.65. The van der Waals surface area contributed by atoms with E-state index >= 15 is 0 Å². The van der Waals surface area contributed by atoms with Gasteiger partial charge in [-0.2, -0.15) is 0 Å². The minimum absolute atomic E-state index is 0.274. The second-order valence-corrected chi connectivity index (χ2v) is 8.02. The van der Waals surface area contributed by atoms with E-state index < -0.39 is 11.9 Å². The second kappa shape index (κ2) is 10.1. The summed E-state index contributed by atoms with van der Waals surface area (Å²) in [6.07, 6.45) is 4.93. The van der Waals surface area contributed by atoms with Crippen molar-refractivity contribution in [2.45, 2.75) is 43.4 Å². The number of imidazole rings is 1. The normalized spacial score (nSPS) is 10.8. The Morgan fingerprint density at radius 3 is 2.13 bits per heavy atom. The number of benzene rings is 2. The van der Waals surface area contributed by atoms with Crippen LogP contribution in [0.4, 0.5) is 0 Å². The quantitative estimate of drug-likeness (QED) is 0.447. The lowest BCUT2D eigenvalue weighted by atomic mass is 10.1. The van der Waals surface area contributed by atoms with E-state index in [2.05, 4.69) is 16.5 Å². The molecule has 3 rings (SSSR count). The highest BCUT2D eigenvalue weighted by Crippen LogP contribution is 2.25. The summed E-state index contributed by atoms with van der Waals surface area (Å²) in [6, 6.07) is 13.8. The Morgan fingerprint density at radius 1 is 0.967 bits per heavy atom. The molecule has 0 atom stereocenters. The lowest BCUT2D eigenvalue weighted by Gasteiger charge is -2.13. The number of carbonyl (C=O) groups is 2. The molecule has 2 N–H and O–H groups in total. The van der Waals surface area contributed by atoms with E-state index in [1.165, 1.54) is 0 Å². The maximum Gasteiger partial charge on any atom is 0.335 e. The van der Waals surface area contributed by atoms with Crippen LogP contribution in [0.5, 0.6) is 0 Å². The number of aromatic nitrogens is 2. The van der Waals surface area contributed by atoms with Crippen molar-refractivity contribution >= 4 is 23.7 Å². The number of carboxylic acids is 2. The van der Waals surface area contributed by atoms with Gasteiger partial charge in [0.2, 0.25) is 0 Å². The number of nitrogens with zero attached hydrogens (tertiary/aromatic N) is 2. The van der Waals surface area contributed by atoms with Crippen LogP contribution < -0.4 is 0 Å². The van der Waals surface area contributed by atoms with Gasteiger partial charge in [0.1, 0.15) is 5.82 Å². The fraction of sp³-hybridized carbons (Fsp3) is 0.261.